The van der Waals surface area contributed by atoms with Crippen molar-refractivity contribution in [2.24, 2.45) is 0 Å². The molecule has 0 aliphatic rings. The van der Waals surface area contributed by atoms with Gasteiger partial charge < -0.3 is 0 Å². The summed E-state index contributed by atoms with van der Waals surface area (Å²) in [5.74, 6) is 2.40. The van der Waals surface area contributed by atoms with Gasteiger partial charge in [0.25, 0.3) is 0 Å². The van der Waals surface area contributed by atoms with Crippen LogP contribution in [0.25, 0.3) is 0 Å². The Morgan fingerprint density at radius 2 is 1.45 bits per heavy atom. The van der Waals surface area contributed by atoms with Crippen molar-refractivity contribution >= 4 is 19.9 Å². The highest BCUT2D eigenvalue weighted by Crippen LogP contribution is 2.23. The molecule has 0 atom stereocenters. The fourth-order valence-electron chi connectivity index (χ4n) is 1.41. The molecule has 0 saturated carbocycles. The Labute approximate surface area is 120 Å². The van der Waals surface area contributed by atoms with Gasteiger partial charge in [-0.3, -0.25) is 0 Å². The summed E-state index contributed by atoms with van der Waals surface area (Å²) in [6.07, 6.45) is 6.39. The van der Waals surface area contributed by atoms with Gasteiger partial charge in [0.1, 0.15) is 0 Å². The topological polar surface area (TPSA) is 71.5 Å². The molecule has 0 unspecified atom stereocenters. The van der Waals surface area contributed by atoms with Crippen LogP contribution in [0, 0.1) is 12.3 Å². The number of hydrogen-bond acceptors (Lipinski definition) is 4. The third-order valence-corrected chi connectivity index (χ3v) is 6.22. The fraction of sp³-hybridized carbons (Fsp3) is 0.385. The van der Waals surface area contributed by atoms with E-state index in [4.69, 9.17) is 6.42 Å². The minimum Gasteiger partial charge on any atom is -0.224 e. The molecule has 0 N–H and O–H groups in total. The third-order valence-electron chi connectivity index (χ3n) is 3.05. The number of terminal acetylenes is 1. The van der Waals surface area contributed by atoms with Crippen LogP contribution in [0.15, 0.2) is 34.1 Å². The second-order valence-corrected chi connectivity index (χ2v) is 8.90. The van der Waals surface area contributed by atoms with Crippen molar-refractivity contribution in [1.82, 2.24) is 4.31 Å². The average Bonchev–Trinajstić information content (AvgIpc) is 2.37. The van der Waals surface area contributed by atoms with E-state index in [0.717, 1.165) is 10.6 Å². The van der Waals surface area contributed by atoms with E-state index in [2.05, 4.69) is 5.92 Å². The monoisotopic (exact) mass is 315 g/mol. The largest absolute Gasteiger partial charge is 0.244 e. The van der Waals surface area contributed by atoms with Crippen molar-refractivity contribution in [3.8, 4) is 12.3 Å². The van der Waals surface area contributed by atoms with Gasteiger partial charge in [0.2, 0.25) is 10.0 Å². The van der Waals surface area contributed by atoms with Crippen molar-refractivity contribution in [3.63, 3.8) is 0 Å². The minimum atomic E-state index is -3.78. The van der Waals surface area contributed by atoms with Gasteiger partial charge in [0.15, 0.2) is 9.84 Å². The molecular formula is C13H17NO4S2. The third kappa shape index (κ3) is 3.20. The normalized spacial score (nSPS) is 13.2. The maximum absolute atomic E-state index is 12.4. The molecule has 1 aromatic carbocycles. The predicted molar refractivity (Wildman–Crippen MR) is 77.4 cm³/mol. The smallest absolute Gasteiger partial charge is 0.224 e. The summed E-state index contributed by atoms with van der Waals surface area (Å²) in [7, 11) is -5.75. The Balaban J connectivity index is 3.29. The van der Waals surface area contributed by atoms with Crippen LogP contribution < -0.4 is 0 Å². The van der Waals surface area contributed by atoms with Gasteiger partial charge in [-0.05, 0) is 38.1 Å². The Hall–Kier alpha value is -1.36. The maximum atomic E-state index is 12.4. The molecule has 110 valence electrons. The number of hydrogen-bond donors (Lipinski definition) is 0. The summed E-state index contributed by atoms with van der Waals surface area (Å²) in [6.45, 7) is 3.21. The maximum Gasteiger partial charge on any atom is 0.244 e. The Morgan fingerprint density at radius 1 is 1.05 bits per heavy atom. The van der Waals surface area contributed by atoms with Crippen LogP contribution in [-0.4, -0.2) is 40.0 Å². The van der Waals surface area contributed by atoms with Crippen LogP contribution in [0.2, 0.25) is 0 Å². The standard InChI is InChI=1S/C13H17NO4S2/c1-6-13(2,3)14(4)20(17,18)12-9-7-11(8-10-12)19(5,15)16/h1,7-10H,2-5H3. The molecule has 1 aromatic rings. The zero-order valence-electron chi connectivity index (χ0n) is 11.8. The summed E-state index contributed by atoms with van der Waals surface area (Å²) < 4.78 is 48.5. The molecule has 7 heteroatoms. The van der Waals surface area contributed by atoms with Gasteiger partial charge in [-0.25, -0.2) is 16.8 Å². The molecule has 1 rings (SSSR count). The molecule has 0 spiro atoms. The molecule has 0 amide bonds. The van der Waals surface area contributed by atoms with Crippen LogP contribution in [-0.2, 0) is 19.9 Å². The van der Waals surface area contributed by atoms with E-state index < -0.39 is 25.4 Å². The van der Waals surface area contributed by atoms with Gasteiger partial charge in [-0.2, -0.15) is 4.31 Å². The van der Waals surface area contributed by atoms with Crippen LogP contribution in [0.1, 0.15) is 13.8 Å². The second kappa shape index (κ2) is 5.20. The highest BCUT2D eigenvalue weighted by molar-refractivity contribution is 7.90. The van der Waals surface area contributed by atoms with Crippen molar-refractivity contribution < 1.29 is 16.8 Å². The molecule has 0 bridgehead atoms. The average molecular weight is 315 g/mol. The SMILES string of the molecule is C#CC(C)(C)N(C)S(=O)(=O)c1ccc(S(C)(=O)=O)cc1. The molecule has 0 aromatic heterocycles. The lowest BCUT2D eigenvalue weighted by Gasteiger charge is -2.29. The number of benzene rings is 1. The zero-order chi connectivity index (χ0) is 15.8. The van der Waals surface area contributed by atoms with Crippen LogP contribution in [0.4, 0.5) is 0 Å². The van der Waals surface area contributed by atoms with E-state index in [-0.39, 0.29) is 9.79 Å². The Bertz CT molecular complexity index is 739. The summed E-state index contributed by atoms with van der Waals surface area (Å²) in [5, 5.41) is 0. The quantitative estimate of drug-likeness (QED) is 0.781. The number of sulfone groups is 1. The zero-order valence-corrected chi connectivity index (χ0v) is 13.4. The van der Waals surface area contributed by atoms with Gasteiger partial charge in [0.05, 0.1) is 15.3 Å². The molecule has 20 heavy (non-hydrogen) atoms. The van der Waals surface area contributed by atoms with Crippen molar-refractivity contribution in [2.75, 3.05) is 13.3 Å². The van der Waals surface area contributed by atoms with E-state index in [1.807, 2.05) is 0 Å². The lowest BCUT2D eigenvalue weighted by atomic mass is 10.1. The van der Waals surface area contributed by atoms with Gasteiger partial charge in [0, 0.05) is 13.3 Å². The molecule has 5 nitrogen and oxygen atoms in total. The number of rotatable bonds is 4. The molecular weight excluding hydrogens is 298 g/mol. The highest BCUT2D eigenvalue weighted by atomic mass is 32.2. The van der Waals surface area contributed by atoms with Crippen LogP contribution in [0.3, 0.4) is 0 Å². The van der Waals surface area contributed by atoms with Gasteiger partial charge in [-0.15, -0.1) is 6.42 Å². The summed E-state index contributed by atoms with van der Waals surface area (Å²) in [4.78, 5) is 0.0611. The van der Waals surface area contributed by atoms with Crippen molar-refractivity contribution in [3.05, 3.63) is 24.3 Å². The molecule has 0 heterocycles. The van der Waals surface area contributed by atoms with E-state index in [1.165, 1.54) is 31.3 Å². The Morgan fingerprint density at radius 3 is 1.80 bits per heavy atom. The lowest BCUT2D eigenvalue weighted by Crippen LogP contribution is -2.43. The molecule has 0 saturated heterocycles. The van der Waals surface area contributed by atoms with Crippen molar-refractivity contribution in [2.45, 2.75) is 29.2 Å². The lowest BCUT2D eigenvalue weighted by molar-refractivity contribution is 0.340. The Kier molecular flexibility index (Phi) is 4.34. The second-order valence-electron chi connectivity index (χ2n) is 4.92. The first kappa shape index (κ1) is 16.7. The number of sulfonamides is 1. The number of nitrogens with zero attached hydrogens (tertiary/aromatic N) is 1. The predicted octanol–water partition coefficient (Wildman–Crippen LogP) is 1.12. The molecule has 0 radical (unpaired) electrons. The molecule has 0 aliphatic heterocycles. The summed E-state index contributed by atoms with van der Waals surface area (Å²) >= 11 is 0. The van der Waals surface area contributed by atoms with E-state index in [9.17, 15) is 16.8 Å². The van der Waals surface area contributed by atoms with Gasteiger partial charge >= 0.3 is 0 Å². The molecule has 0 aliphatic carbocycles. The first-order valence-electron chi connectivity index (χ1n) is 5.70. The summed E-state index contributed by atoms with van der Waals surface area (Å²) in [5.41, 5.74) is -0.978. The van der Waals surface area contributed by atoms with Crippen LogP contribution in [0.5, 0.6) is 0 Å². The van der Waals surface area contributed by atoms with Gasteiger partial charge in [-0.1, -0.05) is 5.92 Å². The van der Waals surface area contributed by atoms with Crippen molar-refractivity contribution in [1.29, 1.82) is 0 Å². The van der Waals surface area contributed by atoms with E-state index in [0.29, 0.717) is 0 Å². The molecule has 0 fully saturated rings. The highest BCUT2D eigenvalue weighted by Gasteiger charge is 2.32. The first-order chi connectivity index (χ1) is 8.93. The minimum absolute atomic E-state index is 0.00396. The van der Waals surface area contributed by atoms with E-state index in [1.54, 1.807) is 13.8 Å². The fourth-order valence-corrected chi connectivity index (χ4v) is 3.49. The first-order valence-corrected chi connectivity index (χ1v) is 9.03. The van der Waals surface area contributed by atoms with Crippen LogP contribution >= 0.6 is 0 Å². The summed E-state index contributed by atoms with van der Waals surface area (Å²) in [6, 6.07) is 5.04. The van der Waals surface area contributed by atoms with E-state index >= 15 is 0 Å².